The summed E-state index contributed by atoms with van der Waals surface area (Å²) in [6, 6.07) is 36.8. The highest BCUT2D eigenvalue weighted by atomic mass is 35.5. The van der Waals surface area contributed by atoms with Gasteiger partial charge in [0.2, 0.25) is 0 Å². The van der Waals surface area contributed by atoms with Crippen LogP contribution < -0.4 is 4.74 Å². The van der Waals surface area contributed by atoms with Crippen molar-refractivity contribution < 1.29 is 4.74 Å². The summed E-state index contributed by atoms with van der Waals surface area (Å²) in [6.45, 7) is 3.36. The van der Waals surface area contributed by atoms with E-state index in [1.165, 1.54) is 26.9 Å². The van der Waals surface area contributed by atoms with Gasteiger partial charge in [0.1, 0.15) is 12.4 Å². The minimum atomic E-state index is 0.374. The van der Waals surface area contributed by atoms with Gasteiger partial charge in [-0.1, -0.05) is 91.3 Å². The van der Waals surface area contributed by atoms with Crippen LogP contribution in [0.2, 0.25) is 5.02 Å². The quantitative estimate of drug-likeness (QED) is 0.169. The molecule has 1 unspecified atom stereocenters. The van der Waals surface area contributed by atoms with E-state index >= 15 is 0 Å². The molecular formula is C39H30ClN3OS. The lowest BCUT2D eigenvalue weighted by Crippen LogP contribution is -2.09. The zero-order valence-corrected chi connectivity index (χ0v) is 26.4. The van der Waals surface area contributed by atoms with Crippen LogP contribution in [0, 0.1) is 11.3 Å². The Bertz CT molecular complexity index is 2060. The maximum atomic E-state index is 9.69. The standard InChI is InChI=1S/C39H30ClN3OS/c1-26-21-34-37(44-25-33-17-13-31(23-42-33)28-7-3-2-4-8-28)20-19-35-38(34)39(45-26)36(18-14-29-9-5-6-10-30(29)22-41)43(35)24-27-11-15-32(40)16-12-27/h2-20,23,26H,21,24-25H2,1H3. The molecule has 0 amide bonds. The number of hydrogen-bond donors (Lipinski definition) is 0. The van der Waals surface area contributed by atoms with Crippen LogP contribution in [-0.4, -0.2) is 14.8 Å². The molecule has 0 bridgehead atoms. The molecule has 1 atom stereocenters. The first-order valence-electron chi connectivity index (χ1n) is 15.0. The van der Waals surface area contributed by atoms with Gasteiger partial charge < -0.3 is 9.30 Å². The zero-order chi connectivity index (χ0) is 30.8. The maximum Gasteiger partial charge on any atom is 0.130 e. The summed E-state index contributed by atoms with van der Waals surface area (Å²) >= 11 is 8.13. The first kappa shape index (κ1) is 29.0. The highest BCUT2D eigenvalue weighted by Crippen LogP contribution is 2.47. The predicted molar refractivity (Wildman–Crippen MR) is 186 cm³/mol. The van der Waals surface area contributed by atoms with Crippen molar-refractivity contribution in [3.8, 4) is 22.9 Å². The Hall–Kier alpha value is -4.76. The van der Waals surface area contributed by atoms with Gasteiger partial charge in [0.15, 0.2) is 0 Å². The number of pyridine rings is 1. The van der Waals surface area contributed by atoms with E-state index in [4.69, 9.17) is 21.3 Å². The molecule has 3 heterocycles. The number of ether oxygens (including phenoxy) is 1. The van der Waals surface area contributed by atoms with Crippen LogP contribution in [0.5, 0.6) is 5.75 Å². The Labute approximate surface area is 272 Å². The molecule has 45 heavy (non-hydrogen) atoms. The first-order valence-corrected chi connectivity index (χ1v) is 16.2. The molecule has 1 aliphatic heterocycles. The molecule has 1 aliphatic rings. The van der Waals surface area contributed by atoms with E-state index in [9.17, 15) is 5.26 Å². The van der Waals surface area contributed by atoms with Gasteiger partial charge in [0.25, 0.3) is 0 Å². The van der Waals surface area contributed by atoms with E-state index in [0.29, 0.717) is 24.0 Å². The lowest BCUT2D eigenvalue weighted by atomic mass is 10.0. The van der Waals surface area contributed by atoms with Crippen LogP contribution in [0.3, 0.4) is 0 Å². The van der Waals surface area contributed by atoms with E-state index in [1.54, 1.807) is 0 Å². The highest BCUT2D eigenvalue weighted by molar-refractivity contribution is 8.00. The third-order valence-corrected chi connectivity index (χ3v) is 9.63. The van der Waals surface area contributed by atoms with Crippen LogP contribution in [-0.2, 0) is 19.6 Å². The minimum absolute atomic E-state index is 0.374. The van der Waals surface area contributed by atoms with E-state index < -0.39 is 0 Å². The van der Waals surface area contributed by atoms with Gasteiger partial charge in [-0.05, 0) is 65.6 Å². The third-order valence-electron chi connectivity index (χ3n) is 8.16. The van der Waals surface area contributed by atoms with Crippen molar-refractivity contribution in [3.63, 3.8) is 0 Å². The normalized spacial score (nSPS) is 14.1. The molecule has 0 N–H and O–H groups in total. The Balaban J connectivity index is 1.27. The van der Waals surface area contributed by atoms with Crippen LogP contribution >= 0.6 is 23.4 Å². The summed E-state index contributed by atoms with van der Waals surface area (Å²) in [6.07, 6.45) is 7.05. The number of hydrogen-bond acceptors (Lipinski definition) is 4. The average molecular weight is 624 g/mol. The molecule has 6 heteroatoms. The fraction of sp³-hybridized carbons (Fsp3) is 0.128. The number of thioether (sulfide) groups is 1. The number of halogens is 1. The smallest absolute Gasteiger partial charge is 0.130 e. The van der Waals surface area contributed by atoms with Crippen molar-refractivity contribution in [2.24, 2.45) is 0 Å². The van der Waals surface area contributed by atoms with Gasteiger partial charge in [-0.3, -0.25) is 4.98 Å². The molecule has 4 nitrogen and oxygen atoms in total. The lowest BCUT2D eigenvalue weighted by Gasteiger charge is -2.21. The van der Waals surface area contributed by atoms with Crippen molar-refractivity contribution in [2.75, 3.05) is 0 Å². The van der Waals surface area contributed by atoms with Crippen molar-refractivity contribution >= 4 is 46.4 Å². The van der Waals surface area contributed by atoms with Crippen LogP contribution in [0.25, 0.3) is 34.2 Å². The second kappa shape index (κ2) is 12.7. The molecule has 0 saturated heterocycles. The number of aromatic nitrogens is 2. The van der Waals surface area contributed by atoms with Crippen molar-refractivity contribution in [2.45, 2.75) is 36.6 Å². The highest BCUT2D eigenvalue weighted by Gasteiger charge is 2.28. The minimum Gasteiger partial charge on any atom is -0.487 e. The van der Waals surface area contributed by atoms with E-state index in [-0.39, 0.29) is 0 Å². The summed E-state index contributed by atoms with van der Waals surface area (Å²) in [5.74, 6) is 0.902. The third kappa shape index (κ3) is 6.00. The molecule has 2 aromatic heterocycles. The topological polar surface area (TPSA) is 50.8 Å². The number of nitrogens with zero attached hydrogens (tertiary/aromatic N) is 3. The van der Waals surface area contributed by atoms with Crippen LogP contribution in [0.15, 0.2) is 114 Å². The SMILES string of the molecule is CC1Cc2c(OCc3ccc(-c4ccccc4)cn3)ccc3c2c(c(C=Cc2ccccc2C#N)n3Cc2ccc(Cl)cc2)S1. The van der Waals surface area contributed by atoms with Crippen LogP contribution in [0.4, 0.5) is 0 Å². The molecule has 7 rings (SSSR count). The van der Waals surface area contributed by atoms with Crippen LogP contribution in [0.1, 0.15) is 40.6 Å². The first-order chi connectivity index (χ1) is 22.1. The molecule has 4 aromatic carbocycles. The van der Waals surface area contributed by atoms with Gasteiger partial charge >= 0.3 is 0 Å². The molecule has 0 saturated carbocycles. The summed E-state index contributed by atoms with van der Waals surface area (Å²) < 4.78 is 8.87. The Morgan fingerprint density at radius 1 is 0.933 bits per heavy atom. The van der Waals surface area contributed by atoms with Gasteiger partial charge in [-0.2, -0.15) is 5.26 Å². The van der Waals surface area contributed by atoms with Crippen molar-refractivity contribution in [1.29, 1.82) is 5.26 Å². The summed E-state index contributed by atoms with van der Waals surface area (Å²) in [4.78, 5) is 5.94. The van der Waals surface area contributed by atoms with E-state index in [2.05, 4.69) is 72.2 Å². The molecule has 6 aromatic rings. The molecule has 220 valence electrons. The van der Waals surface area contributed by atoms with Gasteiger partial charge in [-0.15, -0.1) is 11.8 Å². The Morgan fingerprint density at radius 3 is 2.51 bits per heavy atom. The molecule has 0 spiro atoms. The van der Waals surface area contributed by atoms with Crippen molar-refractivity contribution in [3.05, 3.63) is 148 Å². The summed E-state index contributed by atoms with van der Waals surface area (Å²) in [7, 11) is 0. The lowest BCUT2D eigenvalue weighted by molar-refractivity contribution is 0.298. The molecule has 0 radical (unpaired) electrons. The fourth-order valence-electron chi connectivity index (χ4n) is 5.95. The predicted octanol–water partition coefficient (Wildman–Crippen LogP) is 10.1. The van der Waals surface area contributed by atoms with Gasteiger partial charge in [0.05, 0.1) is 28.5 Å². The Kier molecular flexibility index (Phi) is 8.17. The van der Waals surface area contributed by atoms with Gasteiger partial charge in [-0.25, -0.2) is 0 Å². The molecular weight excluding hydrogens is 594 g/mol. The largest absolute Gasteiger partial charge is 0.487 e. The van der Waals surface area contributed by atoms with E-state index in [1.807, 2.05) is 78.6 Å². The number of nitriles is 1. The van der Waals surface area contributed by atoms with Gasteiger partial charge in [0, 0.05) is 44.4 Å². The number of benzene rings is 4. The fourth-order valence-corrected chi connectivity index (χ4v) is 7.37. The summed E-state index contributed by atoms with van der Waals surface area (Å²) in [5, 5.41) is 12.0. The average Bonchev–Trinajstić information content (AvgIpc) is 3.37. The van der Waals surface area contributed by atoms with E-state index in [0.717, 1.165) is 45.3 Å². The monoisotopic (exact) mass is 623 g/mol. The van der Waals surface area contributed by atoms with Crippen molar-refractivity contribution in [1.82, 2.24) is 9.55 Å². The summed E-state index contributed by atoms with van der Waals surface area (Å²) in [5.41, 5.74) is 9.38. The zero-order valence-electron chi connectivity index (χ0n) is 24.8. The molecule has 0 aliphatic carbocycles. The number of rotatable bonds is 8. The second-order valence-corrected chi connectivity index (χ2v) is 13.1. The second-order valence-electron chi connectivity index (χ2n) is 11.2. The molecule has 0 fully saturated rings. The maximum absolute atomic E-state index is 9.69. The Morgan fingerprint density at radius 2 is 1.73 bits per heavy atom.